The highest BCUT2D eigenvalue weighted by atomic mass is 19.1. The van der Waals surface area contributed by atoms with Crippen LogP contribution in [-0.4, -0.2) is 9.55 Å². The first kappa shape index (κ1) is 12.7. The van der Waals surface area contributed by atoms with Gasteiger partial charge in [0.15, 0.2) is 0 Å². The van der Waals surface area contributed by atoms with E-state index in [4.69, 9.17) is 11.0 Å². The summed E-state index contributed by atoms with van der Waals surface area (Å²) in [5.41, 5.74) is 7.62. The van der Waals surface area contributed by atoms with Gasteiger partial charge < -0.3 is 10.3 Å². The van der Waals surface area contributed by atoms with E-state index in [9.17, 15) is 4.39 Å². The number of nitrogens with two attached hydrogens (primary N) is 1. The Balaban J connectivity index is 2.21. The van der Waals surface area contributed by atoms with Gasteiger partial charge in [-0.05, 0) is 23.6 Å². The molecular weight excluding hydrogens is 255 g/mol. The number of halogens is 1. The van der Waals surface area contributed by atoms with E-state index in [0.717, 1.165) is 11.9 Å². The molecule has 0 fully saturated rings. The molecule has 0 bridgehead atoms. The van der Waals surface area contributed by atoms with Gasteiger partial charge in [-0.3, -0.25) is 0 Å². The zero-order valence-corrected chi connectivity index (χ0v) is 11.4. The van der Waals surface area contributed by atoms with Crippen molar-refractivity contribution in [2.75, 3.05) is 5.73 Å². The number of nitrogen functional groups attached to an aromatic ring is 1. The van der Waals surface area contributed by atoms with E-state index >= 15 is 0 Å². The highest BCUT2D eigenvalue weighted by molar-refractivity contribution is 5.43. The topological polar surface area (TPSA) is 67.6 Å². The summed E-state index contributed by atoms with van der Waals surface area (Å²) in [6, 6.07) is 7.44. The summed E-state index contributed by atoms with van der Waals surface area (Å²) in [5.74, 6) is -0.178. The largest absolute Gasteiger partial charge is 0.384 e. The van der Waals surface area contributed by atoms with E-state index in [2.05, 4.69) is 24.9 Å². The van der Waals surface area contributed by atoms with Gasteiger partial charge in [0, 0.05) is 23.7 Å². The number of rotatable bonds is 1. The summed E-state index contributed by atoms with van der Waals surface area (Å²) in [4.78, 5) is 3.78. The molecule has 1 aliphatic heterocycles. The van der Waals surface area contributed by atoms with Gasteiger partial charge in [0.2, 0.25) is 0 Å². The van der Waals surface area contributed by atoms with Crippen LogP contribution in [0.5, 0.6) is 0 Å². The van der Waals surface area contributed by atoms with E-state index in [-0.39, 0.29) is 17.2 Å². The molecule has 102 valence electrons. The Bertz CT molecular complexity index is 724. The smallest absolute Gasteiger partial charge is 0.145 e. The van der Waals surface area contributed by atoms with Crippen molar-refractivity contribution in [3.05, 3.63) is 47.2 Å². The van der Waals surface area contributed by atoms with Gasteiger partial charge in [-0.2, -0.15) is 5.26 Å². The summed E-state index contributed by atoms with van der Waals surface area (Å²) < 4.78 is 16.1. The third-order valence-electron chi connectivity index (χ3n) is 3.99. The maximum absolute atomic E-state index is 14.2. The Labute approximate surface area is 116 Å². The van der Waals surface area contributed by atoms with Crippen LogP contribution < -0.4 is 5.73 Å². The van der Waals surface area contributed by atoms with Gasteiger partial charge in [-0.25, -0.2) is 9.37 Å². The lowest BCUT2D eigenvalue weighted by Gasteiger charge is -2.27. The molecule has 1 aliphatic rings. The van der Waals surface area contributed by atoms with Crippen molar-refractivity contribution in [3.8, 4) is 6.07 Å². The number of anilines is 1. The van der Waals surface area contributed by atoms with Crippen molar-refractivity contribution in [1.29, 1.82) is 5.26 Å². The van der Waals surface area contributed by atoms with Crippen LogP contribution in [0.3, 0.4) is 0 Å². The van der Waals surface area contributed by atoms with Crippen LogP contribution >= 0.6 is 0 Å². The molecule has 3 heterocycles. The van der Waals surface area contributed by atoms with Gasteiger partial charge in [0.05, 0.1) is 6.20 Å². The van der Waals surface area contributed by atoms with Gasteiger partial charge in [0.1, 0.15) is 23.4 Å². The summed E-state index contributed by atoms with van der Waals surface area (Å²) >= 11 is 0. The van der Waals surface area contributed by atoms with Crippen molar-refractivity contribution >= 4 is 5.82 Å². The normalized spacial score (nSPS) is 19.6. The van der Waals surface area contributed by atoms with Crippen molar-refractivity contribution < 1.29 is 4.39 Å². The molecule has 0 amide bonds. The minimum atomic E-state index is -0.356. The highest BCUT2D eigenvalue weighted by Crippen LogP contribution is 2.48. The van der Waals surface area contributed by atoms with Crippen molar-refractivity contribution in [2.45, 2.75) is 26.3 Å². The second kappa shape index (κ2) is 4.07. The number of nitrogens with zero attached hydrogens (tertiary/aromatic N) is 3. The fraction of sp³-hybridized carbons (Fsp3) is 0.333. The monoisotopic (exact) mass is 270 g/mol. The minimum Gasteiger partial charge on any atom is -0.384 e. The van der Waals surface area contributed by atoms with E-state index < -0.39 is 0 Å². The summed E-state index contributed by atoms with van der Waals surface area (Å²) in [6.07, 6.45) is 1.16. The first-order valence-corrected chi connectivity index (χ1v) is 6.44. The average molecular weight is 270 g/mol. The van der Waals surface area contributed by atoms with Gasteiger partial charge in [-0.15, -0.1) is 0 Å². The quantitative estimate of drug-likeness (QED) is 0.866. The van der Waals surface area contributed by atoms with Crippen LogP contribution in [0.4, 0.5) is 10.2 Å². The minimum absolute atomic E-state index is 0.130. The summed E-state index contributed by atoms with van der Waals surface area (Å²) in [5, 5.41) is 9.14. The lowest BCUT2D eigenvalue weighted by atomic mass is 9.76. The molecule has 1 atom stereocenters. The number of fused-ring (bicyclic) bond motifs is 1. The predicted molar refractivity (Wildman–Crippen MR) is 73.4 cm³/mol. The predicted octanol–water partition coefficient (Wildman–Crippen LogP) is 2.65. The van der Waals surface area contributed by atoms with Crippen LogP contribution in [0.2, 0.25) is 0 Å². The SMILES string of the molecule is CC1(C)Cn2c(C#N)ccc2C1c1cc(N)ncc1F. The molecule has 2 aromatic heterocycles. The Morgan fingerprint density at radius 3 is 2.95 bits per heavy atom. The molecular formula is C15H15FN4. The second-order valence-electron chi connectivity index (χ2n) is 5.89. The van der Waals surface area contributed by atoms with Gasteiger partial charge in [-0.1, -0.05) is 13.8 Å². The van der Waals surface area contributed by atoms with E-state index in [1.54, 1.807) is 12.1 Å². The van der Waals surface area contributed by atoms with Crippen LogP contribution in [-0.2, 0) is 6.54 Å². The Kier molecular flexibility index (Phi) is 2.58. The molecule has 2 aromatic rings. The maximum atomic E-state index is 14.2. The Morgan fingerprint density at radius 2 is 2.25 bits per heavy atom. The van der Waals surface area contributed by atoms with Crippen molar-refractivity contribution in [3.63, 3.8) is 0 Å². The molecule has 1 unspecified atom stereocenters. The lowest BCUT2D eigenvalue weighted by molar-refractivity contribution is 0.316. The Morgan fingerprint density at radius 1 is 1.50 bits per heavy atom. The molecule has 5 heteroatoms. The molecule has 2 N–H and O–H groups in total. The van der Waals surface area contributed by atoms with E-state index in [1.807, 2.05) is 10.6 Å². The number of hydrogen-bond donors (Lipinski definition) is 1. The van der Waals surface area contributed by atoms with Crippen molar-refractivity contribution in [2.24, 2.45) is 5.41 Å². The molecule has 20 heavy (non-hydrogen) atoms. The molecule has 0 spiro atoms. The second-order valence-corrected chi connectivity index (χ2v) is 5.89. The molecule has 3 rings (SSSR count). The van der Waals surface area contributed by atoms with E-state index in [0.29, 0.717) is 23.6 Å². The molecule has 0 saturated heterocycles. The zero-order chi connectivity index (χ0) is 14.5. The summed E-state index contributed by atoms with van der Waals surface area (Å²) in [6.45, 7) is 4.83. The zero-order valence-electron chi connectivity index (χ0n) is 11.4. The van der Waals surface area contributed by atoms with Gasteiger partial charge in [0.25, 0.3) is 0 Å². The molecule has 0 aromatic carbocycles. The highest BCUT2D eigenvalue weighted by Gasteiger charge is 2.42. The fourth-order valence-corrected chi connectivity index (χ4v) is 3.18. The standard InChI is InChI=1S/C15H15FN4/c1-15(2)8-20-9(6-17)3-4-12(20)14(15)10-5-13(18)19-7-11(10)16/h3-5,7,14H,8H2,1-2H3,(H2,18,19). The molecule has 4 nitrogen and oxygen atoms in total. The summed E-state index contributed by atoms with van der Waals surface area (Å²) in [7, 11) is 0. The number of hydrogen-bond acceptors (Lipinski definition) is 3. The van der Waals surface area contributed by atoms with Crippen LogP contribution in [0, 0.1) is 22.6 Å². The first-order chi connectivity index (χ1) is 9.44. The number of nitriles is 1. The first-order valence-electron chi connectivity index (χ1n) is 6.44. The van der Waals surface area contributed by atoms with Crippen molar-refractivity contribution in [1.82, 2.24) is 9.55 Å². The van der Waals surface area contributed by atoms with E-state index in [1.165, 1.54) is 0 Å². The third-order valence-corrected chi connectivity index (χ3v) is 3.99. The third kappa shape index (κ3) is 1.68. The van der Waals surface area contributed by atoms with Gasteiger partial charge >= 0.3 is 0 Å². The van der Waals surface area contributed by atoms with Crippen LogP contribution in [0.15, 0.2) is 24.4 Å². The average Bonchev–Trinajstić information content (AvgIpc) is 2.86. The molecule has 0 aliphatic carbocycles. The lowest BCUT2D eigenvalue weighted by Crippen LogP contribution is -2.21. The number of aromatic nitrogens is 2. The molecule has 0 radical (unpaired) electrons. The number of pyridine rings is 1. The Hall–Kier alpha value is -2.35. The maximum Gasteiger partial charge on any atom is 0.145 e. The molecule has 0 saturated carbocycles. The van der Waals surface area contributed by atoms with Crippen LogP contribution in [0.25, 0.3) is 0 Å². The van der Waals surface area contributed by atoms with Crippen LogP contribution in [0.1, 0.15) is 36.7 Å². The fourth-order valence-electron chi connectivity index (χ4n) is 3.18.